The molecule has 0 aromatic carbocycles. The minimum Gasteiger partial charge on any atom is -0.395 e. The predicted molar refractivity (Wildman–Crippen MR) is 122 cm³/mol. The molecule has 0 fully saturated rings. The number of aliphatic hydroxyl groups is 1. The number of rotatable bonds is 22. The Labute approximate surface area is 175 Å². The van der Waals surface area contributed by atoms with Gasteiger partial charge in [0, 0.05) is 26.1 Å². The highest BCUT2D eigenvalue weighted by atomic mass is 16.3. The second-order valence-electron chi connectivity index (χ2n) is 8.21. The number of nitrogens with zero attached hydrogens (tertiary/aromatic N) is 1. The Bertz CT molecular complexity index is 324. The number of hydrogen-bond donors (Lipinski definition) is 2. The number of likely N-dealkylation sites (N-methyl/N-ethyl adjacent to an activating group) is 1. The number of hydrogen-bond acceptors (Lipinski definition) is 3. The molecule has 0 aromatic heterocycles. The van der Waals surface area contributed by atoms with Crippen LogP contribution in [0.25, 0.3) is 0 Å². The van der Waals surface area contributed by atoms with Gasteiger partial charge in [-0.2, -0.15) is 0 Å². The Morgan fingerprint density at radius 2 is 1.18 bits per heavy atom. The van der Waals surface area contributed by atoms with E-state index in [-0.39, 0.29) is 12.5 Å². The molecule has 0 spiro atoms. The summed E-state index contributed by atoms with van der Waals surface area (Å²) in [7, 11) is 0. The van der Waals surface area contributed by atoms with E-state index in [2.05, 4.69) is 24.1 Å². The van der Waals surface area contributed by atoms with E-state index in [0.717, 1.165) is 19.5 Å². The average molecular weight is 399 g/mol. The summed E-state index contributed by atoms with van der Waals surface area (Å²) >= 11 is 0. The average Bonchev–Trinajstić information content (AvgIpc) is 2.70. The van der Waals surface area contributed by atoms with Gasteiger partial charge in [0.05, 0.1) is 6.61 Å². The van der Waals surface area contributed by atoms with Crippen molar-refractivity contribution < 1.29 is 9.90 Å². The first-order chi connectivity index (χ1) is 13.7. The van der Waals surface area contributed by atoms with Crippen LogP contribution < -0.4 is 5.32 Å². The van der Waals surface area contributed by atoms with Crippen LogP contribution in [0.4, 0.5) is 0 Å². The molecule has 0 unspecified atom stereocenters. The molecule has 4 heteroatoms. The first-order valence-corrected chi connectivity index (χ1v) is 12.3. The number of carbonyl (C=O) groups excluding carboxylic acids is 1. The zero-order chi connectivity index (χ0) is 20.7. The lowest BCUT2D eigenvalue weighted by Gasteiger charge is -2.19. The molecule has 0 aliphatic rings. The van der Waals surface area contributed by atoms with Crippen LogP contribution in [0.1, 0.15) is 117 Å². The topological polar surface area (TPSA) is 52.6 Å². The Balaban J connectivity index is 3.23. The van der Waals surface area contributed by atoms with Gasteiger partial charge in [-0.1, -0.05) is 104 Å². The van der Waals surface area contributed by atoms with Gasteiger partial charge < -0.3 is 10.4 Å². The molecular formula is C24H50N2O2. The molecule has 0 aliphatic heterocycles. The fourth-order valence-electron chi connectivity index (χ4n) is 3.67. The van der Waals surface area contributed by atoms with E-state index in [9.17, 15) is 4.79 Å². The van der Waals surface area contributed by atoms with Crippen molar-refractivity contribution in [3.8, 4) is 0 Å². The van der Waals surface area contributed by atoms with Crippen molar-refractivity contribution in [2.45, 2.75) is 117 Å². The Morgan fingerprint density at radius 3 is 1.61 bits per heavy atom. The first kappa shape index (κ1) is 27.4. The van der Waals surface area contributed by atoms with Crippen LogP contribution in [0, 0.1) is 0 Å². The van der Waals surface area contributed by atoms with Crippen LogP contribution in [0.5, 0.6) is 0 Å². The summed E-state index contributed by atoms with van der Waals surface area (Å²) in [5.41, 5.74) is 0. The minimum atomic E-state index is 0.176. The van der Waals surface area contributed by atoms with E-state index < -0.39 is 0 Å². The van der Waals surface area contributed by atoms with Crippen molar-refractivity contribution in [3.63, 3.8) is 0 Å². The zero-order valence-electron chi connectivity index (χ0n) is 19.2. The number of unbranched alkanes of at least 4 members (excludes halogenated alkanes) is 14. The fourth-order valence-corrected chi connectivity index (χ4v) is 3.67. The maximum absolute atomic E-state index is 11.8. The monoisotopic (exact) mass is 398 g/mol. The summed E-state index contributed by atoms with van der Waals surface area (Å²) in [6.07, 6.45) is 20.9. The van der Waals surface area contributed by atoms with Gasteiger partial charge in [-0.05, 0) is 13.0 Å². The van der Waals surface area contributed by atoms with Crippen LogP contribution in [-0.4, -0.2) is 48.7 Å². The van der Waals surface area contributed by atoms with Gasteiger partial charge in [0.25, 0.3) is 0 Å². The van der Waals surface area contributed by atoms with Crippen LogP contribution in [0.3, 0.4) is 0 Å². The van der Waals surface area contributed by atoms with Crippen molar-refractivity contribution >= 4 is 5.91 Å². The molecule has 4 nitrogen and oxygen atoms in total. The standard InChI is InChI=1S/C24H50N2O2/c1-3-5-6-7-8-9-10-11-12-13-14-15-16-17-18-19-24(28)25-20-21-26(4-2)22-23-27/h27H,3-23H2,1-2H3,(H,25,28). The van der Waals surface area contributed by atoms with Gasteiger partial charge in [0.15, 0.2) is 0 Å². The summed E-state index contributed by atoms with van der Waals surface area (Å²) in [5.74, 6) is 0.176. The highest BCUT2D eigenvalue weighted by Gasteiger charge is 2.04. The third-order valence-corrected chi connectivity index (χ3v) is 5.62. The van der Waals surface area contributed by atoms with E-state index in [1.165, 1.54) is 89.9 Å². The van der Waals surface area contributed by atoms with E-state index in [1.54, 1.807) is 0 Å². The van der Waals surface area contributed by atoms with Gasteiger partial charge in [-0.3, -0.25) is 9.69 Å². The molecule has 0 saturated carbocycles. The second-order valence-corrected chi connectivity index (χ2v) is 8.21. The predicted octanol–water partition coefficient (Wildman–Crippen LogP) is 5.68. The number of carbonyl (C=O) groups is 1. The van der Waals surface area contributed by atoms with Gasteiger partial charge >= 0.3 is 0 Å². The summed E-state index contributed by atoms with van der Waals surface area (Å²) in [4.78, 5) is 14.0. The summed E-state index contributed by atoms with van der Waals surface area (Å²) in [6.45, 7) is 7.64. The van der Waals surface area contributed by atoms with Gasteiger partial charge in [-0.15, -0.1) is 0 Å². The molecule has 168 valence electrons. The number of aliphatic hydroxyl groups excluding tert-OH is 1. The van der Waals surface area contributed by atoms with Crippen molar-refractivity contribution in [1.29, 1.82) is 0 Å². The number of nitrogens with one attached hydrogen (secondary N) is 1. The lowest BCUT2D eigenvalue weighted by Crippen LogP contribution is -2.36. The van der Waals surface area contributed by atoms with E-state index >= 15 is 0 Å². The van der Waals surface area contributed by atoms with Crippen molar-refractivity contribution in [3.05, 3.63) is 0 Å². The molecular weight excluding hydrogens is 348 g/mol. The van der Waals surface area contributed by atoms with Crippen LogP contribution in [-0.2, 0) is 4.79 Å². The summed E-state index contributed by atoms with van der Waals surface area (Å²) in [6, 6.07) is 0. The van der Waals surface area contributed by atoms with Crippen LogP contribution >= 0.6 is 0 Å². The summed E-state index contributed by atoms with van der Waals surface area (Å²) in [5, 5.41) is 11.9. The zero-order valence-corrected chi connectivity index (χ0v) is 19.2. The molecule has 0 radical (unpaired) electrons. The summed E-state index contributed by atoms with van der Waals surface area (Å²) < 4.78 is 0. The molecule has 0 rings (SSSR count). The van der Waals surface area contributed by atoms with Crippen molar-refractivity contribution in [1.82, 2.24) is 10.2 Å². The first-order valence-electron chi connectivity index (χ1n) is 12.3. The van der Waals surface area contributed by atoms with Crippen molar-refractivity contribution in [2.75, 3.05) is 32.8 Å². The molecule has 1 amide bonds. The maximum Gasteiger partial charge on any atom is 0.220 e. The molecule has 0 atom stereocenters. The van der Waals surface area contributed by atoms with E-state index in [0.29, 0.717) is 19.5 Å². The molecule has 0 bridgehead atoms. The molecule has 2 N–H and O–H groups in total. The number of amides is 1. The smallest absolute Gasteiger partial charge is 0.220 e. The maximum atomic E-state index is 11.8. The Kier molecular flexibility index (Phi) is 22.2. The SMILES string of the molecule is CCCCCCCCCCCCCCCCCC(=O)NCCN(CC)CCO. The lowest BCUT2D eigenvalue weighted by molar-refractivity contribution is -0.121. The molecule has 0 aromatic rings. The van der Waals surface area contributed by atoms with Gasteiger partial charge in [0.2, 0.25) is 5.91 Å². The second kappa shape index (κ2) is 22.7. The Morgan fingerprint density at radius 1 is 0.714 bits per heavy atom. The fraction of sp³-hybridized carbons (Fsp3) is 0.958. The highest BCUT2D eigenvalue weighted by Crippen LogP contribution is 2.13. The molecule has 0 saturated heterocycles. The quantitative estimate of drug-likeness (QED) is 0.231. The molecule has 28 heavy (non-hydrogen) atoms. The van der Waals surface area contributed by atoms with Gasteiger partial charge in [-0.25, -0.2) is 0 Å². The Hall–Kier alpha value is -0.610. The minimum absolute atomic E-state index is 0.176. The van der Waals surface area contributed by atoms with E-state index in [1.807, 2.05) is 0 Å². The highest BCUT2D eigenvalue weighted by molar-refractivity contribution is 5.75. The van der Waals surface area contributed by atoms with Crippen molar-refractivity contribution in [2.24, 2.45) is 0 Å². The lowest BCUT2D eigenvalue weighted by atomic mass is 10.0. The normalized spacial score (nSPS) is 11.3. The van der Waals surface area contributed by atoms with Crippen LogP contribution in [0.15, 0.2) is 0 Å². The van der Waals surface area contributed by atoms with Gasteiger partial charge in [0.1, 0.15) is 0 Å². The third kappa shape index (κ3) is 20.1. The van der Waals surface area contributed by atoms with E-state index in [4.69, 9.17) is 5.11 Å². The largest absolute Gasteiger partial charge is 0.395 e. The molecule has 0 aliphatic carbocycles. The van der Waals surface area contributed by atoms with Crippen LogP contribution in [0.2, 0.25) is 0 Å². The molecule has 0 heterocycles. The third-order valence-electron chi connectivity index (χ3n) is 5.62.